The highest BCUT2D eigenvalue weighted by Crippen LogP contribution is 2.45. The SMILES string of the molecule is COc1ccc(-c2[nH]ncc2C(=O)N2CCCC3=C[C@@H]4C[C@@H](CN5CCCC[C@@H]45)[C@H]32)cc1. The van der Waals surface area contributed by atoms with Crippen molar-refractivity contribution in [3.63, 3.8) is 0 Å². The fourth-order valence-electron chi connectivity index (χ4n) is 6.78. The van der Waals surface area contributed by atoms with Crippen LogP contribution in [0.2, 0.25) is 0 Å². The van der Waals surface area contributed by atoms with E-state index in [0.29, 0.717) is 17.4 Å². The van der Waals surface area contributed by atoms with Gasteiger partial charge in [0.05, 0.1) is 30.6 Å². The highest BCUT2D eigenvalue weighted by Gasteiger charge is 2.47. The van der Waals surface area contributed by atoms with Crippen LogP contribution in [0.1, 0.15) is 48.9 Å². The van der Waals surface area contributed by atoms with Crippen molar-refractivity contribution in [2.45, 2.75) is 50.6 Å². The summed E-state index contributed by atoms with van der Waals surface area (Å²) in [6, 6.07) is 8.78. The first kappa shape index (κ1) is 20.0. The summed E-state index contributed by atoms with van der Waals surface area (Å²) in [6.45, 7) is 3.20. The van der Waals surface area contributed by atoms with E-state index in [0.717, 1.165) is 49.0 Å². The zero-order valence-electron chi connectivity index (χ0n) is 18.8. The lowest BCUT2D eigenvalue weighted by atomic mass is 9.68. The number of benzene rings is 1. The molecule has 3 aliphatic heterocycles. The molecule has 3 saturated heterocycles. The average molecular weight is 433 g/mol. The molecule has 1 aromatic carbocycles. The molecule has 0 radical (unpaired) electrons. The maximum Gasteiger partial charge on any atom is 0.258 e. The molecule has 6 heteroatoms. The summed E-state index contributed by atoms with van der Waals surface area (Å²) in [5.41, 5.74) is 3.94. The van der Waals surface area contributed by atoms with Crippen molar-refractivity contribution in [3.8, 4) is 17.0 Å². The third-order valence-corrected chi connectivity index (χ3v) is 8.17. The molecular formula is C26H32N4O2. The molecule has 32 heavy (non-hydrogen) atoms. The lowest BCUT2D eigenvalue weighted by Crippen LogP contribution is -2.60. The largest absolute Gasteiger partial charge is 0.497 e. The Labute approximate surface area is 189 Å². The lowest BCUT2D eigenvalue weighted by Gasteiger charge is -2.54. The predicted molar refractivity (Wildman–Crippen MR) is 124 cm³/mol. The number of nitrogens with one attached hydrogen (secondary N) is 1. The molecule has 4 aliphatic rings. The molecule has 6 nitrogen and oxygen atoms in total. The topological polar surface area (TPSA) is 61.5 Å². The number of H-pyrrole nitrogens is 1. The molecule has 168 valence electrons. The van der Waals surface area contributed by atoms with Crippen LogP contribution in [0.5, 0.6) is 5.75 Å². The molecule has 0 spiro atoms. The van der Waals surface area contributed by atoms with Crippen LogP contribution in [-0.4, -0.2) is 64.7 Å². The first-order valence-electron chi connectivity index (χ1n) is 12.2. The summed E-state index contributed by atoms with van der Waals surface area (Å²) in [5, 5.41) is 7.32. The van der Waals surface area contributed by atoms with E-state index in [1.165, 1.54) is 37.8 Å². The first-order valence-corrected chi connectivity index (χ1v) is 12.2. The number of ether oxygens (including phenoxy) is 1. The molecule has 0 saturated carbocycles. The minimum Gasteiger partial charge on any atom is -0.497 e. The molecule has 4 atom stereocenters. The molecule has 2 bridgehead atoms. The van der Waals surface area contributed by atoms with Crippen LogP contribution in [0.3, 0.4) is 0 Å². The second-order valence-corrected chi connectivity index (χ2v) is 9.89. The number of carbonyl (C=O) groups excluding carboxylic acids is 1. The molecular weight excluding hydrogens is 400 g/mol. The van der Waals surface area contributed by atoms with Crippen molar-refractivity contribution in [2.75, 3.05) is 26.7 Å². The van der Waals surface area contributed by atoms with E-state index in [1.54, 1.807) is 13.3 Å². The van der Waals surface area contributed by atoms with Gasteiger partial charge in [-0.2, -0.15) is 5.10 Å². The average Bonchev–Trinajstić information content (AvgIpc) is 3.33. The fourth-order valence-corrected chi connectivity index (χ4v) is 6.78. The van der Waals surface area contributed by atoms with Crippen molar-refractivity contribution in [2.24, 2.45) is 11.8 Å². The van der Waals surface area contributed by atoms with Gasteiger partial charge in [0.15, 0.2) is 0 Å². The van der Waals surface area contributed by atoms with Crippen molar-refractivity contribution >= 4 is 5.91 Å². The lowest BCUT2D eigenvalue weighted by molar-refractivity contribution is 0.00150. The number of likely N-dealkylation sites (tertiary alicyclic amines) is 1. The number of hydrogen-bond donors (Lipinski definition) is 1. The Hall–Kier alpha value is -2.60. The maximum absolute atomic E-state index is 13.9. The zero-order valence-corrected chi connectivity index (χ0v) is 18.8. The number of fused-ring (bicyclic) bond motifs is 6. The number of carbonyl (C=O) groups is 1. The van der Waals surface area contributed by atoms with Crippen LogP contribution >= 0.6 is 0 Å². The second kappa shape index (κ2) is 8.07. The smallest absolute Gasteiger partial charge is 0.258 e. The number of hydrogen-bond acceptors (Lipinski definition) is 4. The third kappa shape index (κ3) is 3.27. The zero-order chi connectivity index (χ0) is 21.7. The molecule has 1 amide bonds. The van der Waals surface area contributed by atoms with E-state index < -0.39 is 0 Å². The van der Waals surface area contributed by atoms with E-state index in [2.05, 4.69) is 26.1 Å². The minimum atomic E-state index is 0.111. The predicted octanol–water partition coefficient (Wildman–Crippen LogP) is 4.12. The monoisotopic (exact) mass is 432 g/mol. The van der Waals surface area contributed by atoms with Gasteiger partial charge < -0.3 is 9.64 Å². The van der Waals surface area contributed by atoms with Gasteiger partial charge >= 0.3 is 0 Å². The van der Waals surface area contributed by atoms with Crippen molar-refractivity contribution < 1.29 is 9.53 Å². The molecule has 1 aromatic heterocycles. The Morgan fingerprint density at radius 3 is 2.88 bits per heavy atom. The molecule has 0 unspecified atom stereocenters. The summed E-state index contributed by atoms with van der Waals surface area (Å²) in [4.78, 5) is 18.8. The highest BCUT2D eigenvalue weighted by molar-refractivity contribution is 6.00. The third-order valence-electron chi connectivity index (χ3n) is 8.17. The summed E-state index contributed by atoms with van der Waals surface area (Å²) in [5.74, 6) is 2.14. The number of aromatic amines is 1. The minimum absolute atomic E-state index is 0.111. The van der Waals surface area contributed by atoms with Crippen molar-refractivity contribution in [1.29, 1.82) is 0 Å². The normalized spacial score (nSPS) is 29.7. The first-order chi connectivity index (χ1) is 15.7. The number of piperidine rings is 3. The van der Waals surface area contributed by atoms with E-state index in [9.17, 15) is 4.79 Å². The number of rotatable bonds is 3. The van der Waals surface area contributed by atoms with Crippen LogP contribution in [0.25, 0.3) is 11.3 Å². The summed E-state index contributed by atoms with van der Waals surface area (Å²) in [7, 11) is 1.66. The van der Waals surface area contributed by atoms with E-state index in [4.69, 9.17) is 4.74 Å². The van der Waals surface area contributed by atoms with Gasteiger partial charge in [0.25, 0.3) is 5.91 Å². The Balaban J connectivity index is 1.31. The standard InChI is InChI=1S/C26H32N4O2/c1-32-21-9-7-17(8-10-21)24-22(15-27-28-24)26(31)30-12-4-5-18-13-19-14-20(25(18)30)16-29-11-3-2-6-23(19)29/h7-10,13,15,19-20,23,25H,2-6,11-12,14,16H2,1H3,(H,27,28)/t19-,20+,23+,25+/m1/s1. The van der Waals surface area contributed by atoms with Gasteiger partial charge in [0.2, 0.25) is 0 Å². The van der Waals surface area contributed by atoms with Crippen LogP contribution in [0.15, 0.2) is 42.1 Å². The quantitative estimate of drug-likeness (QED) is 0.741. The highest BCUT2D eigenvalue weighted by atomic mass is 16.5. The molecule has 1 N–H and O–H groups in total. The fraction of sp³-hybridized carbons (Fsp3) is 0.538. The summed E-state index contributed by atoms with van der Waals surface area (Å²) < 4.78 is 5.28. The van der Waals surface area contributed by atoms with Gasteiger partial charge in [-0.1, -0.05) is 18.1 Å². The number of methoxy groups -OCH3 is 1. The Morgan fingerprint density at radius 1 is 1.16 bits per heavy atom. The molecule has 3 fully saturated rings. The number of aromatic nitrogens is 2. The van der Waals surface area contributed by atoms with Gasteiger partial charge in [-0.05, 0) is 74.8 Å². The van der Waals surface area contributed by atoms with Crippen LogP contribution in [0.4, 0.5) is 0 Å². The van der Waals surface area contributed by atoms with Crippen molar-refractivity contribution in [1.82, 2.24) is 20.0 Å². The number of amides is 1. The molecule has 1 aliphatic carbocycles. The Bertz CT molecular complexity index is 1030. The van der Waals surface area contributed by atoms with Gasteiger partial charge in [-0.25, -0.2) is 0 Å². The molecule has 2 aromatic rings. The van der Waals surface area contributed by atoms with Crippen LogP contribution < -0.4 is 4.74 Å². The maximum atomic E-state index is 13.9. The van der Waals surface area contributed by atoms with Gasteiger partial charge in [0, 0.05) is 24.7 Å². The summed E-state index contributed by atoms with van der Waals surface area (Å²) in [6.07, 6.45) is 11.7. The van der Waals surface area contributed by atoms with Crippen LogP contribution in [0, 0.1) is 11.8 Å². The van der Waals surface area contributed by atoms with E-state index in [-0.39, 0.29) is 11.9 Å². The number of nitrogens with zero attached hydrogens (tertiary/aromatic N) is 3. The van der Waals surface area contributed by atoms with Gasteiger partial charge in [-0.3, -0.25) is 14.8 Å². The van der Waals surface area contributed by atoms with Crippen molar-refractivity contribution in [3.05, 3.63) is 47.7 Å². The van der Waals surface area contributed by atoms with Crippen LogP contribution in [-0.2, 0) is 0 Å². The van der Waals surface area contributed by atoms with E-state index >= 15 is 0 Å². The van der Waals surface area contributed by atoms with E-state index in [1.807, 2.05) is 24.3 Å². The second-order valence-electron chi connectivity index (χ2n) is 9.89. The Morgan fingerprint density at radius 2 is 2.03 bits per heavy atom. The Kier molecular flexibility index (Phi) is 5.05. The molecule has 6 rings (SSSR count). The van der Waals surface area contributed by atoms with Gasteiger partial charge in [-0.15, -0.1) is 0 Å². The molecule has 4 heterocycles. The summed E-state index contributed by atoms with van der Waals surface area (Å²) >= 11 is 0. The van der Waals surface area contributed by atoms with Gasteiger partial charge in [0.1, 0.15) is 5.75 Å².